The van der Waals surface area contributed by atoms with Crippen LogP contribution >= 0.6 is 0 Å². The van der Waals surface area contributed by atoms with E-state index in [1.165, 1.54) is 25.7 Å². The summed E-state index contributed by atoms with van der Waals surface area (Å²) < 4.78 is 2.07. The van der Waals surface area contributed by atoms with Crippen molar-refractivity contribution < 1.29 is 0 Å². The van der Waals surface area contributed by atoms with E-state index in [-0.39, 0.29) is 0 Å². The van der Waals surface area contributed by atoms with Crippen LogP contribution in [0.3, 0.4) is 0 Å². The Morgan fingerprint density at radius 2 is 2.38 bits per heavy atom. The summed E-state index contributed by atoms with van der Waals surface area (Å²) in [5.41, 5.74) is 0. The summed E-state index contributed by atoms with van der Waals surface area (Å²) in [6.45, 7) is 3.49. The molecule has 0 radical (unpaired) electrons. The summed E-state index contributed by atoms with van der Waals surface area (Å²) in [6, 6.07) is 2.01. The summed E-state index contributed by atoms with van der Waals surface area (Å²) in [4.78, 5) is 0. The Balaban J connectivity index is 1.87. The van der Waals surface area contributed by atoms with Gasteiger partial charge in [0.2, 0.25) is 0 Å². The van der Waals surface area contributed by atoms with E-state index < -0.39 is 0 Å². The molecule has 0 aromatic carbocycles. The van der Waals surface area contributed by atoms with Crippen LogP contribution in [-0.4, -0.2) is 9.78 Å². The second-order valence-electron chi connectivity index (χ2n) is 4.37. The van der Waals surface area contributed by atoms with Crippen LogP contribution in [0.4, 0.5) is 0 Å². The summed E-state index contributed by atoms with van der Waals surface area (Å²) in [5.74, 6) is 1.79. The third-order valence-electron chi connectivity index (χ3n) is 3.05. The van der Waals surface area contributed by atoms with Crippen molar-refractivity contribution in [3.05, 3.63) is 18.5 Å². The van der Waals surface area contributed by atoms with Crippen molar-refractivity contribution in [3.63, 3.8) is 0 Å². The lowest BCUT2D eigenvalue weighted by Crippen LogP contribution is -2.18. The van der Waals surface area contributed by atoms with E-state index in [4.69, 9.17) is 0 Å². The minimum Gasteiger partial charge on any atom is -0.272 e. The van der Waals surface area contributed by atoms with Gasteiger partial charge in [0.25, 0.3) is 0 Å². The van der Waals surface area contributed by atoms with Gasteiger partial charge in [-0.3, -0.25) is 4.68 Å². The zero-order valence-corrected chi connectivity index (χ0v) is 8.32. The predicted molar refractivity (Wildman–Crippen MR) is 53.3 cm³/mol. The average Bonchev–Trinajstić information content (AvgIpc) is 2.57. The van der Waals surface area contributed by atoms with Gasteiger partial charge in [0.1, 0.15) is 0 Å². The molecule has 1 aromatic rings. The summed E-state index contributed by atoms with van der Waals surface area (Å²) in [7, 11) is 0. The predicted octanol–water partition coefficient (Wildman–Crippen LogP) is 2.71. The molecule has 1 aliphatic carbocycles. The molecule has 2 unspecified atom stereocenters. The molecule has 1 heterocycles. The van der Waals surface area contributed by atoms with Gasteiger partial charge >= 0.3 is 0 Å². The molecule has 0 aliphatic heterocycles. The van der Waals surface area contributed by atoms with Crippen LogP contribution in [0.1, 0.15) is 32.6 Å². The van der Waals surface area contributed by atoms with Crippen molar-refractivity contribution in [3.8, 4) is 0 Å². The van der Waals surface area contributed by atoms with Crippen molar-refractivity contribution >= 4 is 0 Å². The number of nitrogens with zero attached hydrogens (tertiary/aromatic N) is 2. The van der Waals surface area contributed by atoms with Gasteiger partial charge in [0, 0.05) is 18.9 Å². The maximum atomic E-state index is 4.25. The fraction of sp³-hybridized carbons (Fsp3) is 0.727. The third kappa shape index (κ3) is 2.33. The number of hydrogen-bond donors (Lipinski definition) is 0. The van der Waals surface area contributed by atoms with Gasteiger partial charge < -0.3 is 0 Å². The van der Waals surface area contributed by atoms with Crippen LogP contribution in [0.2, 0.25) is 0 Å². The number of aromatic nitrogens is 2. The molecule has 0 saturated heterocycles. The maximum Gasteiger partial charge on any atom is 0.0489 e. The van der Waals surface area contributed by atoms with Crippen molar-refractivity contribution in [2.24, 2.45) is 11.8 Å². The van der Waals surface area contributed by atoms with Crippen LogP contribution in [-0.2, 0) is 6.54 Å². The molecular weight excluding hydrogens is 160 g/mol. The van der Waals surface area contributed by atoms with Crippen molar-refractivity contribution in [2.75, 3.05) is 0 Å². The Morgan fingerprint density at radius 1 is 1.46 bits per heavy atom. The van der Waals surface area contributed by atoms with Gasteiger partial charge in [-0.1, -0.05) is 19.8 Å². The Morgan fingerprint density at radius 3 is 3.08 bits per heavy atom. The van der Waals surface area contributed by atoms with Crippen molar-refractivity contribution in [2.45, 2.75) is 39.2 Å². The first kappa shape index (κ1) is 8.79. The molecule has 0 N–H and O–H groups in total. The average molecular weight is 178 g/mol. The first-order valence-corrected chi connectivity index (χ1v) is 5.32. The van der Waals surface area contributed by atoms with Gasteiger partial charge in [0.15, 0.2) is 0 Å². The molecule has 0 bridgehead atoms. The highest BCUT2D eigenvalue weighted by Gasteiger charge is 2.18. The van der Waals surface area contributed by atoms with Crippen LogP contribution in [0.15, 0.2) is 18.5 Å². The second kappa shape index (κ2) is 3.95. The normalized spacial score (nSPS) is 29.0. The molecule has 2 heteroatoms. The van der Waals surface area contributed by atoms with Gasteiger partial charge in [-0.25, -0.2) is 0 Å². The van der Waals surface area contributed by atoms with Gasteiger partial charge in [0.05, 0.1) is 0 Å². The monoisotopic (exact) mass is 178 g/mol. The number of hydrogen-bond acceptors (Lipinski definition) is 1. The van der Waals surface area contributed by atoms with Crippen molar-refractivity contribution in [1.82, 2.24) is 9.78 Å². The standard InChI is InChI=1S/C11H18N2/c1-10-4-2-5-11(8-10)9-13-7-3-6-12-13/h3,6-7,10-11H,2,4-5,8-9H2,1H3. The SMILES string of the molecule is CC1CCCC(Cn2cccn2)C1. The van der Waals surface area contributed by atoms with Crippen LogP contribution < -0.4 is 0 Å². The van der Waals surface area contributed by atoms with E-state index in [1.54, 1.807) is 0 Å². The molecule has 0 amide bonds. The molecule has 2 nitrogen and oxygen atoms in total. The van der Waals surface area contributed by atoms with E-state index in [1.807, 2.05) is 12.3 Å². The molecule has 72 valence electrons. The van der Waals surface area contributed by atoms with Gasteiger partial charge in [-0.15, -0.1) is 0 Å². The fourth-order valence-corrected chi connectivity index (χ4v) is 2.40. The molecule has 1 aromatic heterocycles. The molecule has 0 spiro atoms. The zero-order valence-electron chi connectivity index (χ0n) is 8.32. The van der Waals surface area contributed by atoms with E-state index >= 15 is 0 Å². The molecule has 2 rings (SSSR count). The molecule has 2 atom stereocenters. The first-order valence-electron chi connectivity index (χ1n) is 5.32. The lowest BCUT2D eigenvalue weighted by molar-refractivity contribution is 0.250. The summed E-state index contributed by atoms with van der Waals surface area (Å²) >= 11 is 0. The molecular formula is C11H18N2. The minimum atomic E-state index is 0.864. The van der Waals surface area contributed by atoms with E-state index in [2.05, 4.69) is 22.9 Å². The molecule has 1 aliphatic rings. The van der Waals surface area contributed by atoms with E-state index in [9.17, 15) is 0 Å². The lowest BCUT2D eigenvalue weighted by atomic mass is 9.82. The maximum absolute atomic E-state index is 4.25. The first-order chi connectivity index (χ1) is 6.34. The quantitative estimate of drug-likeness (QED) is 0.681. The Kier molecular flexibility index (Phi) is 2.67. The fourth-order valence-electron chi connectivity index (χ4n) is 2.40. The highest BCUT2D eigenvalue weighted by atomic mass is 15.3. The van der Waals surface area contributed by atoms with Crippen LogP contribution in [0.25, 0.3) is 0 Å². The largest absolute Gasteiger partial charge is 0.272 e. The summed E-state index contributed by atoms with van der Waals surface area (Å²) in [6.07, 6.45) is 9.55. The van der Waals surface area contributed by atoms with Crippen molar-refractivity contribution in [1.29, 1.82) is 0 Å². The Labute approximate surface area is 80.0 Å². The van der Waals surface area contributed by atoms with E-state index in [0.717, 1.165) is 18.4 Å². The Bertz CT molecular complexity index is 241. The van der Waals surface area contributed by atoms with Gasteiger partial charge in [-0.05, 0) is 30.7 Å². The lowest BCUT2D eigenvalue weighted by Gasteiger charge is -2.26. The second-order valence-corrected chi connectivity index (χ2v) is 4.37. The zero-order chi connectivity index (χ0) is 9.10. The minimum absolute atomic E-state index is 0.864. The molecule has 13 heavy (non-hydrogen) atoms. The topological polar surface area (TPSA) is 17.8 Å². The third-order valence-corrected chi connectivity index (χ3v) is 3.05. The highest BCUT2D eigenvalue weighted by Crippen LogP contribution is 2.29. The van der Waals surface area contributed by atoms with E-state index in [0.29, 0.717) is 0 Å². The summed E-state index contributed by atoms with van der Waals surface area (Å²) in [5, 5.41) is 4.25. The molecule has 1 fully saturated rings. The Hall–Kier alpha value is -0.790. The number of rotatable bonds is 2. The van der Waals surface area contributed by atoms with Crippen LogP contribution in [0, 0.1) is 11.8 Å². The van der Waals surface area contributed by atoms with Crippen LogP contribution in [0.5, 0.6) is 0 Å². The highest BCUT2D eigenvalue weighted by molar-refractivity contribution is 4.79. The molecule has 1 saturated carbocycles. The smallest absolute Gasteiger partial charge is 0.0489 e. The van der Waals surface area contributed by atoms with Gasteiger partial charge in [-0.2, -0.15) is 5.10 Å².